The Hall–Kier alpha value is -5.54. The van der Waals surface area contributed by atoms with Gasteiger partial charge < -0.3 is 4.42 Å². The Bertz CT molecular complexity index is 2180. The Morgan fingerprint density at radius 2 is 1.14 bits per heavy atom. The number of fused-ring (bicyclic) bond motifs is 3. The number of hydrogen-bond acceptors (Lipinski definition) is 3. The van der Waals surface area contributed by atoms with Gasteiger partial charge in [-0.3, -0.25) is 4.99 Å². The highest BCUT2D eigenvalue weighted by molar-refractivity contribution is 6.19. The molecule has 0 aliphatic carbocycles. The first-order chi connectivity index (χ1) is 21.7. The molecule has 1 unspecified atom stereocenters. The lowest BCUT2D eigenvalue weighted by Gasteiger charge is -2.28. The van der Waals surface area contributed by atoms with Crippen LogP contribution in [0.5, 0.6) is 0 Å². The minimum Gasteiger partial charge on any atom is -0.456 e. The maximum absolute atomic E-state index is 6.53. The number of amidine groups is 1. The molecule has 8 rings (SSSR count). The number of rotatable bonds is 5. The minimum atomic E-state index is -0.0645. The Kier molecular flexibility index (Phi) is 6.49. The number of para-hydroxylation sites is 1. The maximum Gasteiger partial charge on any atom is 0.155 e. The van der Waals surface area contributed by atoms with E-state index in [1.54, 1.807) is 0 Å². The van der Waals surface area contributed by atoms with Crippen molar-refractivity contribution in [3.63, 3.8) is 0 Å². The molecule has 2 heterocycles. The number of benzene rings is 6. The van der Waals surface area contributed by atoms with E-state index >= 15 is 0 Å². The second-order valence-electron chi connectivity index (χ2n) is 11.4. The van der Waals surface area contributed by atoms with Crippen molar-refractivity contribution in [2.75, 3.05) is 0 Å². The molecule has 0 saturated heterocycles. The lowest BCUT2D eigenvalue weighted by molar-refractivity contribution is 0.592. The molecule has 0 radical (unpaired) electrons. The molecule has 0 bridgehead atoms. The van der Waals surface area contributed by atoms with Gasteiger partial charge in [-0.05, 0) is 51.6 Å². The Morgan fingerprint density at radius 3 is 1.89 bits per heavy atom. The number of hydrogen-bond donors (Lipinski definition) is 0. The first-order valence-corrected chi connectivity index (χ1v) is 15.1. The number of nitrogens with zero attached hydrogens (tertiary/aromatic N) is 2. The quantitative estimate of drug-likeness (QED) is 0.204. The molecule has 0 spiro atoms. The van der Waals surface area contributed by atoms with E-state index in [1.807, 2.05) is 18.2 Å². The molecule has 0 amide bonds. The molecule has 1 aliphatic heterocycles. The van der Waals surface area contributed by atoms with E-state index in [2.05, 4.69) is 140 Å². The van der Waals surface area contributed by atoms with E-state index in [0.29, 0.717) is 0 Å². The maximum atomic E-state index is 6.53. The standard InChI is InChI=1S/C41H30N2O/c1-27-39(29-17-7-3-8-18-29)42-41(43-40(27)30-19-9-4-10-20-30)31-25-35(38-34-23-13-14-24-36(34)44-37(38)26-31)33-22-12-11-21-32(33)28-15-5-2-6-16-28/h2-27,39H,1H3/t27-,39?/m1/s1. The molecule has 3 nitrogen and oxygen atoms in total. The lowest BCUT2D eigenvalue weighted by atomic mass is 9.86. The normalized spacial score (nSPS) is 16.6. The molecular weight excluding hydrogens is 536 g/mol. The smallest absolute Gasteiger partial charge is 0.155 e. The highest BCUT2D eigenvalue weighted by Crippen LogP contribution is 2.42. The van der Waals surface area contributed by atoms with Gasteiger partial charge in [-0.25, -0.2) is 4.99 Å². The molecule has 6 aromatic carbocycles. The highest BCUT2D eigenvalue weighted by Gasteiger charge is 2.30. The monoisotopic (exact) mass is 566 g/mol. The summed E-state index contributed by atoms with van der Waals surface area (Å²) in [5.74, 6) is 0.827. The SMILES string of the molecule is C[C@H]1C(c2ccccc2)=NC(c2cc(-c3ccccc3-c3ccccc3)c3c(c2)oc2ccccc23)=NC1c1ccccc1. The van der Waals surface area contributed by atoms with E-state index in [0.717, 1.165) is 55.7 Å². The van der Waals surface area contributed by atoms with Crippen LogP contribution in [-0.4, -0.2) is 11.5 Å². The average molecular weight is 567 g/mol. The van der Waals surface area contributed by atoms with E-state index in [-0.39, 0.29) is 12.0 Å². The van der Waals surface area contributed by atoms with E-state index in [1.165, 1.54) is 16.7 Å². The Balaban J connectivity index is 1.40. The number of furan rings is 1. The van der Waals surface area contributed by atoms with Crippen LogP contribution in [-0.2, 0) is 0 Å². The van der Waals surface area contributed by atoms with Crippen LogP contribution in [0, 0.1) is 5.92 Å². The largest absolute Gasteiger partial charge is 0.456 e. The third kappa shape index (κ3) is 4.54. The summed E-state index contributed by atoms with van der Waals surface area (Å²) in [5, 5.41) is 2.20. The Morgan fingerprint density at radius 1 is 0.523 bits per heavy atom. The highest BCUT2D eigenvalue weighted by atomic mass is 16.3. The lowest BCUT2D eigenvalue weighted by Crippen LogP contribution is -2.26. The van der Waals surface area contributed by atoms with Gasteiger partial charge in [-0.2, -0.15) is 0 Å². The van der Waals surface area contributed by atoms with Crippen LogP contribution >= 0.6 is 0 Å². The van der Waals surface area contributed by atoms with Crippen molar-refractivity contribution in [2.24, 2.45) is 15.9 Å². The third-order valence-electron chi connectivity index (χ3n) is 8.64. The van der Waals surface area contributed by atoms with Gasteiger partial charge in [0.2, 0.25) is 0 Å². The summed E-state index contributed by atoms with van der Waals surface area (Å²) in [4.78, 5) is 10.6. The van der Waals surface area contributed by atoms with Crippen LogP contribution in [0.1, 0.15) is 29.7 Å². The van der Waals surface area contributed by atoms with Crippen molar-refractivity contribution in [3.05, 3.63) is 168 Å². The molecular formula is C41H30N2O. The summed E-state index contributed by atoms with van der Waals surface area (Å²) in [7, 11) is 0. The van der Waals surface area contributed by atoms with Gasteiger partial charge in [0.1, 0.15) is 11.2 Å². The first kappa shape index (κ1) is 26.1. The molecule has 0 fully saturated rings. The van der Waals surface area contributed by atoms with Gasteiger partial charge in [0.05, 0.1) is 11.8 Å². The van der Waals surface area contributed by atoms with Gasteiger partial charge >= 0.3 is 0 Å². The predicted octanol–water partition coefficient (Wildman–Crippen LogP) is 10.5. The molecule has 1 aliphatic rings. The van der Waals surface area contributed by atoms with Crippen LogP contribution in [0.25, 0.3) is 44.2 Å². The van der Waals surface area contributed by atoms with Crippen LogP contribution < -0.4 is 0 Å². The van der Waals surface area contributed by atoms with Gasteiger partial charge in [-0.1, -0.05) is 140 Å². The fourth-order valence-electron chi connectivity index (χ4n) is 6.51. The minimum absolute atomic E-state index is 0.0645. The zero-order valence-electron chi connectivity index (χ0n) is 24.4. The number of aliphatic imine (C=N–C) groups is 2. The average Bonchev–Trinajstić information content (AvgIpc) is 3.48. The summed E-state index contributed by atoms with van der Waals surface area (Å²) >= 11 is 0. The topological polar surface area (TPSA) is 37.9 Å². The fourth-order valence-corrected chi connectivity index (χ4v) is 6.51. The summed E-state index contributed by atoms with van der Waals surface area (Å²) in [6.07, 6.45) is 0. The van der Waals surface area contributed by atoms with E-state index in [9.17, 15) is 0 Å². The van der Waals surface area contributed by atoms with Gasteiger partial charge in [-0.15, -0.1) is 0 Å². The third-order valence-corrected chi connectivity index (χ3v) is 8.64. The summed E-state index contributed by atoms with van der Waals surface area (Å²) in [6, 6.07) is 52.8. The fraction of sp³-hybridized carbons (Fsp3) is 0.0732. The van der Waals surface area contributed by atoms with Crippen molar-refractivity contribution < 1.29 is 4.42 Å². The summed E-state index contributed by atoms with van der Waals surface area (Å²) in [6.45, 7) is 2.23. The molecule has 44 heavy (non-hydrogen) atoms. The van der Waals surface area contributed by atoms with E-state index in [4.69, 9.17) is 14.4 Å². The van der Waals surface area contributed by atoms with E-state index < -0.39 is 0 Å². The summed E-state index contributed by atoms with van der Waals surface area (Å²) < 4.78 is 6.53. The molecule has 7 aromatic rings. The molecule has 210 valence electrons. The molecule has 3 heteroatoms. The second-order valence-corrected chi connectivity index (χ2v) is 11.4. The van der Waals surface area contributed by atoms with Crippen LogP contribution in [0.15, 0.2) is 166 Å². The van der Waals surface area contributed by atoms with Crippen molar-refractivity contribution in [3.8, 4) is 22.3 Å². The second kappa shape index (κ2) is 10.9. The first-order valence-electron chi connectivity index (χ1n) is 15.1. The predicted molar refractivity (Wildman–Crippen MR) is 182 cm³/mol. The van der Waals surface area contributed by atoms with Crippen molar-refractivity contribution in [1.29, 1.82) is 0 Å². The summed E-state index contributed by atoms with van der Waals surface area (Å²) in [5.41, 5.74) is 10.6. The van der Waals surface area contributed by atoms with Crippen molar-refractivity contribution >= 4 is 33.5 Å². The van der Waals surface area contributed by atoms with Crippen LogP contribution in [0.2, 0.25) is 0 Å². The Labute approximate surface area is 256 Å². The van der Waals surface area contributed by atoms with Gasteiger partial charge in [0.25, 0.3) is 0 Å². The molecule has 0 saturated carbocycles. The van der Waals surface area contributed by atoms with Gasteiger partial charge in [0, 0.05) is 22.3 Å². The van der Waals surface area contributed by atoms with Gasteiger partial charge in [0.15, 0.2) is 5.84 Å². The van der Waals surface area contributed by atoms with Crippen LogP contribution in [0.4, 0.5) is 0 Å². The molecule has 0 N–H and O–H groups in total. The molecule has 1 aromatic heterocycles. The van der Waals surface area contributed by atoms with Crippen molar-refractivity contribution in [2.45, 2.75) is 13.0 Å². The zero-order chi connectivity index (χ0) is 29.5. The van der Waals surface area contributed by atoms with Crippen LogP contribution in [0.3, 0.4) is 0 Å². The van der Waals surface area contributed by atoms with Crippen molar-refractivity contribution in [1.82, 2.24) is 0 Å². The zero-order valence-corrected chi connectivity index (χ0v) is 24.4. The molecule has 2 atom stereocenters.